The van der Waals surface area contributed by atoms with Crippen molar-refractivity contribution in [3.63, 3.8) is 0 Å². The molecule has 88 valence electrons. The highest BCUT2D eigenvalue weighted by atomic mass is 32.2. The van der Waals surface area contributed by atoms with E-state index in [4.69, 9.17) is 0 Å². The number of hydrogen-bond acceptors (Lipinski definition) is 1. The van der Waals surface area contributed by atoms with Crippen molar-refractivity contribution in [3.05, 3.63) is 66.7 Å². The minimum atomic E-state index is 1.28. The predicted molar refractivity (Wildman–Crippen MR) is 81.2 cm³/mol. The van der Waals surface area contributed by atoms with E-state index in [0.717, 1.165) is 0 Å². The lowest BCUT2D eigenvalue weighted by molar-refractivity contribution is 1.48. The predicted octanol–water partition coefficient (Wildman–Crippen LogP) is 5.23. The van der Waals surface area contributed by atoms with Crippen molar-refractivity contribution in [2.24, 2.45) is 0 Å². The van der Waals surface area contributed by atoms with Crippen molar-refractivity contribution in [2.45, 2.75) is 4.90 Å². The highest BCUT2D eigenvalue weighted by Crippen LogP contribution is 2.33. The largest absolute Gasteiger partial charge is 0.129 e. The van der Waals surface area contributed by atoms with Gasteiger partial charge < -0.3 is 0 Å². The molecule has 0 aromatic heterocycles. The van der Waals surface area contributed by atoms with E-state index in [0.29, 0.717) is 0 Å². The van der Waals surface area contributed by atoms with Crippen LogP contribution in [0.2, 0.25) is 0 Å². The van der Waals surface area contributed by atoms with Gasteiger partial charge in [-0.2, -0.15) is 0 Å². The highest BCUT2D eigenvalue weighted by molar-refractivity contribution is 7.98. The molecule has 3 aromatic rings. The Morgan fingerprint density at radius 2 is 1.33 bits per heavy atom. The molecule has 18 heavy (non-hydrogen) atoms. The SMILES string of the molecule is CSc1cc2ccccc2cc1-c1ccccc1. The van der Waals surface area contributed by atoms with Gasteiger partial charge >= 0.3 is 0 Å². The Hall–Kier alpha value is -1.73. The van der Waals surface area contributed by atoms with Crippen molar-refractivity contribution < 1.29 is 0 Å². The van der Waals surface area contributed by atoms with Crippen LogP contribution in [-0.4, -0.2) is 6.26 Å². The summed E-state index contributed by atoms with van der Waals surface area (Å²) < 4.78 is 0. The first-order chi connectivity index (χ1) is 8.88. The van der Waals surface area contributed by atoms with Crippen LogP contribution in [0, 0.1) is 0 Å². The third kappa shape index (κ3) is 2.02. The van der Waals surface area contributed by atoms with E-state index in [9.17, 15) is 0 Å². The number of hydrogen-bond donors (Lipinski definition) is 0. The zero-order valence-electron chi connectivity index (χ0n) is 10.3. The Bertz CT molecular complexity index is 672. The molecule has 0 unspecified atom stereocenters. The normalized spacial score (nSPS) is 10.7. The van der Waals surface area contributed by atoms with Gasteiger partial charge in [0.25, 0.3) is 0 Å². The van der Waals surface area contributed by atoms with E-state index in [-0.39, 0.29) is 0 Å². The minimum Gasteiger partial charge on any atom is -0.129 e. The summed E-state index contributed by atoms with van der Waals surface area (Å²) in [7, 11) is 0. The molecule has 0 bridgehead atoms. The average molecular weight is 250 g/mol. The first kappa shape index (κ1) is 11.4. The van der Waals surface area contributed by atoms with E-state index >= 15 is 0 Å². The summed E-state index contributed by atoms with van der Waals surface area (Å²) in [5.74, 6) is 0. The van der Waals surface area contributed by atoms with Gasteiger partial charge in [-0.25, -0.2) is 0 Å². The monoisotopic (exact) mass is 250 g/mol. The lowest BCUT2D eigenvalue weighted by Crippen LogP contribution is -1.83. The van der Waals surface area contributed by atoms with Crippen molar-refractivity contribution in [1.29, 1.82) is 0 Å². The Labute approximate surface area is 112 Å². The van der Waals surface area contributed by atoms with Gasteiger partial charge in [-0.15, -0.1) is 11.8 Å². The number of rotatable bonds is 2. The molecule has 0 heterocycles. The molecule has 0 spiro atoms. The first-order valence-corrected chi connectivity index (χ1v) is 7.23. The van der Waals surface area contributed by atoms with E-state index in [1.54, 1.807) is 11.8 Å². The maximum atomic E-state index is 2.29. The van der Waals surface area contributed by atoms with Crippen LogP contribution in [0.1, 0.15) is 0 Å². The molecule has 0 aliphatic carbocycles. The summed E-state index contributed by atoms with van der Waals surface area (Å²) in [4.78, 5) is 1.33. The molecule has 0 nitrogen and oxygen atoms in total. The van der Waals surface area contributed by atoms with Crippen LogP contribution in [0.25, 0.3) is 21.9 Å². The van der Waals surface area contributed by atoms with Gasteiger partial charge in [0, 0.05) is 4.90 Å². The zero-order valence-corrected chi connectivity index (χ0v) is 11.1. The molecule has 0 N–H and O–H groups in total. The Kier molecular flexibility index (Phi) is 3.07. The molecule has 0 saturated carbocycles. The second-order valence-corrected chi connectivity index (χ2v) is 5.11. The Morgan fingerprint density at radius 3 is 2.00 bits per heavy atom. The van der Waals surface area contributed by atoms with E-state index in [1.165, 1.54) is 26.8 Å². The lowest BCUT2D eigenvalue weighted by Gasteiger charge is -2.10. The first-order valence-electron chi connectivity index (χ1n) is 6.01. The molecule has 0 aliphatic heterocycles. The second kappa shape index (κ2) is 4.87. The maximum Gasteiger partial charge on any atom is 0.0154 e. The topological polar surface area (TPSA) is 0 Å². The molecule has 0 radical (unpaired) electrons. The maximum absolute atomic E-state index is 2.29. The Balaban J connectivity index is 2.27. The van der Waals surface area contributed by atoms with Crippen LogP contribution in [0.15, 0.2) is 71.6 Å². The van der Waals surface area contributed by atoms with Gasteiger partial charge in [0.05, 0.1) is 0 Å². The van der Waals surface area contributed by atoms with Crippen LogP contribution >= 0.6 is 11.8 Å². The summed E-state index contributed by atoms with van der Waals surface area (Å²) in [6.45, 7) is 0. The summed E-state index contributed by atoms with van der Waals surface area (Å²) in [6, 6.07) is 23.7. The molecule has 3 aromatic carbocycles. The van der Waals surface area contributed by atoms with Gasteiger partial charge in [-0.3, -0.25) is 0 Å². The summed E-state index contributed by atoms with van der Waals surface area (Å²) in [5, 5.41) is 2.61. The molecule has 0 atom stereocenters. The fourth-order valence-corrected chi connectivity index (χ4v) is 2.87. The van der Waals surface area contributed by atoms with Crippen molar-refractivity contribution in [3.8, 4) is 11.1 Å². The highest BCUT2D eigenvalue weighted by Gasteiger charge is 2.05. The van der Waals surface area contributed by atoms with Crippen molar-refractivity contribution in [1.82, 2.24) is 0 Å². The van der Waals surface area contributed by atoms with Gasteiger partial charge in [0.15, 0.2) is 0 Å². The molecule has 1 heteroatoms. The van der Waals surface area contributed by atoms with Gasteiger partial charge in [-0.1, -0.05) is 54.6 Å². The van der Waals surface area contributed by atoms with Gasteiger partial charge in [0.1, 0.15) is 0 Å². The number of benzene rings is 3. The number of thioether (sulfide) groups is 1. The fourth-order valence-electron chi connectivity index (χ4n) is 2.23. The zero-order chi connectivity index (χ0) is 12.4. The Morgan fingerprint density at radius 1 is 0.722 bits per heavy atom. The molecule has 0 saturated heterocycles. The van der Waals surface area contributed by atoms with Gasteiger partial charge in [-0.05, 0) is 40.3 Å². The van der Waals surface area contributed by atoms with Crippen LogP contribution in [0.5, 0.6) is 0 Å². The van der Waals surface area contributed by atoms with Crippen LogP contribution < -0.4 is 0 Å². The lowest BCUT2D eigenvalue weighted by atomic mass is 10.0. The molecule has 0 fully saturated rings. The van der Waals surface area contributed by atoms with Crippen molar-refractivity contribution >= 4 is 22.5 Å². The van der Waals surface area contributed by atoms with Gasteiger partial charge in [0.2, 0.25) is 0 Å². The molecular formula is C17H14S. The third-order valence-electron chi connectivity index (χ3n) is 3.15. The van der Waals surface area contributed by atoms with Crippen LogP contribution in [-0.2, 0) is 0 Å². The van der Waals surface area contributed by atoms with E-state index in [1.807, 2.05) is 0 Å². The quantitative estimate of drug-likeness (QED) is 0.561. The molecule has 0 aliphatic rings. The van der Waals surface area contributed by atoms with E-state index < -0.39 is 0 Å². The van der Waals surface area contributed by atoms with Crippen LogP contribution in [0.3, 0.4) is 0 Å². The molecule has 3 rings (SSSR count). The minimum absolute atomic E-state index is 1.28. The smallest absolute Gasteiger partial charge is 0.0154 e. The fraction of sp³-hybridized carbons (Fsp3) is 0.0588. The number of fused-ring (bicyclic) bond motifs is 1. The van der Waals surface area contributed by atoms with Crippen LogP contribution in [0.4, 0.5) is 0 Å². The molecule has 0 amide bonds. The van der Waals surface area contributed by atoms with E-state index in [2.05, 4.69) is 73.0 Å². The standard InChI is InChI=1S/C17H14S/c1-18-17-12-15-10-6-5-9-14(15)11-16(17)13-7-3-2-4-8-13/h2-12H,1H3. The second-order valence-electron chi connectivity index (χ2n) is 4.27. The van der Waals surface area contributed by atoms with Crippen molar-refractivity contribution in [2.75, 3.05) is 6.26 Å². The summed E-state index contributed by atoms with van der Waals surface area (Å²) >= 11 is 1.81. The molecular weight excluding hydrogens is 236 g/mol. The summed E-state index contributed by atoms with van der Waals surface area (Å²) in [6.07, 6.45) is 2.14. The average Bonchev–Trinajstić information content (AvgIpc) is 2.46. The third-order valence-corrected chi connectivity index (χ3v) is 3.93. The summed E-state index contributed by atoms with van der Waals surface area (Å²) in [5.41, 5.74) is 2.61.